The number of benzene rings is 1. The van der Waals surface area contributed by atoms with Crippen LogP contribution in [0.3, 0.4) is 0 Å². The number of phosphoric ester groups is 2. The zero-order valence-electron chi connectivity index (χ0n) is 26.5. The first-order valence-corrected chi connectivity index (χ1v) is 21.0. The Morgan fingerprint density at radius 1 is 1.00 bits per heavy atom. The fourth-order valence-corrected chi connectivity index (χ4v) is 10.9. The number of H-pyrrole nitrogens is 1. The molecule has 1 saturated heterocycles. The number of hydrogen-bond acceptors (Lipinski definition) is 15. The summed E-state index contributed by atoms with van der Waals surface area (Å²) in [5.41, 5.74) is -1.31. The number of aromatic amines is 1. The number of aryl methyl sites for hydroxylation is 1. The topological polar surface area (TPSA) is 309 Å². The van der Waals surface area contributed by atoms with Crippen LogP contribution >= 0.6 is 54.5 Å². The molecule has 1 aromatic heterocycles. The number of fused-ring (bicyclic) bond motifs is 2. The second kappa shape index (κ2) is 14.4. The number of ether oxygens (including phenoxy) is 1. The van der Waals surface area contributed by atoms with Gasteiger partial charge in [0.2, 0.25) is 5.78 Å². The highest BCUT2D eigenvalue weighted by Crippen LogP contribution is 2.71. The third-order valence-electron chi connectivity index (χ3n) is 7.56. The number of carbonyl (C=O) groups excluding carboxylic acids is 1. The third kappa shape index (κ3) is 8.94. The van der Waals surface area contributed by atoms with Crippen LogP contribution in [-0.4, -0.2) is 64.5 Å². The Bertz CT molecular complexity index is 2270. The predicted molar refractivity (Wildman–Crippen MR) is 178 cm³/mol. The molecule has 21 nitrogen and oxygen atoms in total. The van der Waals surface area contributed by atoms with Gasteiger partial charge < -0.3 is 29.0 Å². The smallest absolute Gasteiger partial charge is 0.404 e. The van der Waals surface area contributed by atoms with Gasteiger partial charge in [-0.3, -0.25) is 28.6 Å². The van der Waals surface area contributed by atoms with Crippen molar-refractivity contribution in [1.82, 2.24) is 9.55 Å². The van der Waals surface area contributed by atoms with Gasteiger partial charge in [-0.1, -0.05) is 37.0 Å². The van der Waals surface area contributed by atoms with E-state index in [2.05, 4.69) is 22.4 Å². The van der Waals surface area contributed by atoms with Crippen LogP contribution in [0.25, 0.3) is 0 Å². The van der Waals surface area contributed by atoms with Gasteiger partial charge in [0.15, 0.2) is 0 Å². The average Bonchev–Trinajstić information content (AvgIpc) is 3.34. The van der Waals surface area contributed by atoms with Gasteiger partial charge in [-0.05, 0) is 36.8 Å². The molecular formula is C25H27Cl2N3O18P4. The number of Topliss-reactive ketones (excluding diaryl/α,β-unsaturated/α-hetero) is 1. The molecule has 0 bridgehead atoms. The van der Waals surface area contributed by atoms with Crippen molar-refractivity contribution in [2.75, 3.05) is 6.61 Å². The Balaban J connectivity index is 1.21. The quantitative estimate of drug-likeness (QED) is 0.131. The Kier molecular flexibility index (Phi) is 11.3. The predicted octanol–water partition coefficient (Wildman–Crippen LogP) is 3.60. The van der Waals surface area contributed by atoms with Crippen molar-refractivity contribution in [1.29, 1.82) is 0 Å². The molecule has 3 heterocycles. The number of carbonyl (C=O) groups is 1. The van der Waals surface area contributed by atoms with E-state index in [0.29, 0.717) is 11.3 Å². The third-order valence-corrected chi connectivity index (χ3v) is 14.1. The lowest BCUT2D eigenvalue weighted by molar-refractivity contribution is -0.111. The molecule has 0 amide bonds. The number of halogens is 2. The lowest BCUT2D eigenvalue weighted by Crippen LogP contribution is -2.33. The molecule has 2 aliphatic heterocycles. The van der Waals surface area contributed by atoms with Gasteiger partial charge in [0.1, 0.15) is 18.1 Å². The van der Waals surface area contributed by atoms with Crippen LogP contribution in [0, 0.1) is 6.92 Å². The Hall–Kier alpha value is -2.38. The molecule has 6 N–H and O–H groups in total. The first-order chi connectivity index (χ1) is 23.8. The number of nitrogens with zero attached hydrogens (tertiary/aromatic N) is 2. The highest BCUT2D eigenvalue weighted by Gasteiger charge is 2.47. The van der Waals surface area contributed by atoms with E-state index in [-0.39, 0.29) is 33.3 Å². The van der Waals surface area contributed by atoms with Crippen molar-refractivity contribution in [3.63, 3.8) is 0 Å². The largest absolute Gasteiger partial charge is 0.536 e. The van der Waals surface area contributed by atoms with Crippen molar-refractivity contribution in [3.05, 3.63) is 78.1 Å². The minimum Gasteiger partial charge on any atom is -0.404 e. The summed E-state index contributed by atoms with van der Waals surface area (Å²) < 4.78 is 77.5. The van der Waals surface area contributed by atoms with Crippen molar-refractivity contribution < 1.29 is 74.5 Å². The molecule has 0 saturated carbocycles. The molecule has 3 aliphatic rings. The van der Waals surface area contributed by atoms with E-state index in [0.717, 1.165) is 16.8 Å². The van der Waals surface area contributed by atoms with Gasteiger partial charge in [-0.2, -0.15) is 12.9 Å². The number of ketones is 1. The van der Waals surface area contributed by atoms with Crippen LogP contribution in [0.5, 0.6) is 5.75 Å². The molecule has 284 valence electrons. The molecule has 1 aliphatic carbocycles. The number of rotatable bonds is 12. The number of aromatic nitrogens is 2. The molecule has 1 fully saturated rings. The maximum absolute atomic E-state index is 12.7. The SMILES string of the molecule is Cc1cn(C2CC(O)[C@@H](COP(=O)(O)OP(=O)(O)OP(=O)(O)OP(=O)(O)Oc3ccc4c(c3)C(C)(C)C3=C(Cl)C(=O)C(Cl)=CC3=N4)O2)c(=O)[nH]c1=O. The molecule has 27 heteroatoms. The molecule has 0 spiro atoms. The molecule has 0 radical (unpaired) electrons. The number of aliphatic hydroxyl groups excluding tert-OH is 1. The zero-order chi connectivity index (χ0) is 38.8. The maximum atomic E-state index is 12.7. The van der Waals surface area contributed by atoms with Gasteiger partial charge in [-0.25, -0.2) is 28.0 Å². The summed E-state index contributed by atoms with van der Waals surface area (Å²) in [5, 5.41) is 9.89. The second-order valence-corrected chi connectivity index (χ2v) is 18.7. The molecule has 2 aromatic rings. The van der Waals surface area contributed by atoms with Gasteiger partial charge in [-0.15, -0.1) is 0 Å². The van der Waals surface area contributed by atoms with Crippen LogP contribution in [0.1, 0.15) is 37.6 Å². The summed E-state index contributed by atoms with van der Waals surface area (Å²) in [7, 11) is -23.7. The van der Waals surface area contributed by atoms with Crippen LogP contribution in [-0.2, 0) is 50.7 Å². The van der Waals surface area contributed by atoms with E-state index in [1.165, 1.54) is 25.1 Å². The first kappa shape index (κ1) is 40.8. The number of phosphoric acid groups is 4. The van der Waals surface area contributed by atoms with E-state index in [1.807, 2.05) is 4.98 Å². The van der Waals surface area contributed by atoms with Crippen molar-refractivity contribution >= 4 is 71.7 Å². The maximum Gasteiger partial charge on any atom is 0.536 e. The monoisotopic (exact) mass is 851 g/mol. The van der Waals surface area contributed by atoms with Crippen LogP contribution in [0.15, 0.2) is 60.7 Å². The molecule has 52 heavy (non-hydrogen) atoms. The number of hydrogen-bond donors (Lipinski definition) is 6. The minimum absolute atomic E-state index is 0.127. The Labute approximate surface area is 301 Å². The van der Waals surface area contributed by atoms with Crippen molar-refractivity contribution in [2.24, 2.45) is 4.99 Å². The van der Waals surface area contributed by atoms with Gasteiger partial charge in [0.05, 0.1) is 34.2 Å². The molecule has 1 aromatic carbocycles. The summed E-state index contributed by atoms with van der Waals surface area (Å²) in [6.45, 7) is 3.68. The number of aliphatic hydroxyl groups is 1. The van der Waals surface area contributed by atoms with Gasteiger partial charge in [0, 0.05) is 29.2 Å². The Morgan fingerprint density at radius 3 is 2.27 bits per heavy atom. The van der Waals surface area contributed by atoms with Crippen LogP contribution in [0.4, 0.5) is 5.69 Å². The van der Waals surface area contributed by atoms with Gasteiger partial charge >= 0.3 is 37.0 Å². The van der Waals surface area contributed by atoms with E-state index < -0.39 is 84.5 Å². The van der Waals surface area contributed by atoms with E-state index >= 15 is 0 Å². The Morgan fingerprint density at radius 2 is 1.62 bits per heavy atom. The van der Waals surface area contributed by atoms with E-state index in [9.17, 15) is 57.3 Å². The zero-order valence-corrected chi connectivity index (χ0v) is 31.6. The lowest BCUT2D eigenvalue weighted by atomic mass is 9.71. The summed E-state index contributed by atoms with van der Waals surface area (Å²) in [6, 6.07) is 3.61. The summed E-state index contributed by atoms with van der Waals surface area (Å²) in [5.74, 6) is -1.12. The highest BCUT2D eigenvalue weighted by molar-refractivity contribution is 7.69. The summed E-state index contributed by atoms with van der Waals surface area (Å²) in [4.78, 5) is 82.5. The van der Waals surface area contributed by atoms with Gasteiger partial charge in [0.25, 0.3) is 5.56 Å². The van der Waals surface area contributed by atoms with Crippen LogP contribution < -0.4 is 15.8 Å². The summed E-state index contributed by atoms with van der Waals surface area (Å²) >= 11 is 12.2. The normalized spacial score (nSPS) is 25.8. The molecule has 6 unspecified atom stereocenters. The highest BCUT2D eigenvalue weighted by atomic mass is 35.5. The fourth-order valence-electron chi connectivity index (χ4n) is 5.30. The van der Waals surface area contributed by atoms with Crippen molar-refractivity contribution in [2.45, 2.75) is 51.0 Å². The summed E-state index contributed by atoms with van der Waals surface area (Å²) in [6.07, 6.45) is -1.82. The van der Waals surface area contributed by atoms with Crippen LogP contribution in [0.2, 0.25) is 0 Å². The van der Waals surface area contributed by atoms with E-state index in [4.69, 9.17) is 32.5 Å². The standard InChI is InChI=1S/C25H27Cl2N3O18P4/c1-11-9-30(24(34)29-23(11)33)19-8-17(31)18(44-19)10-43-49(35,36)46-51(39,40)48-52(41,42)47-50(37,38)45-12-4-5-15-13(6-12)25(2,3)20-16(28-15)7-14(26)22(32)21(20)27/h4-7,9,17-19,31H,8,10H2,1-3H3,(H,35,36)(H,37,38)(H,39,40)(H,41,42)(H,29,33,34)/t17?,18-,19?/m1/s1. The average molecular weight is 852 g/mol. The first-order valence-electron chi connectivity index (χ1n) is 14.3. The van der Waals surface area contributed by atoms with E-state index in [1.54, 1.807) is 13.8 Å². The minimum atomic E-state index is -6.14. The number of allylic oxidation sites excluding steroid dienone is 4. The molecule has 5 rings (SSSR count). The number of nitrogens with one attached hydrogen (secondary N) is 1. The second-order valence-electron chi connectivity index (χ2n) is 11.7. The molecule has 7 atom stereocenters. The number of aliphatic imine (C=N–C) groups is 1. The van der Waals surface area contributed by atoms with Crippen molar-refractivity contribution in [3.8, 4) is 5.75 Å². The molecular weight excluding hydrogens is 825 g/mol. The lowest BCUT2D eigenvalue weighted by Gasteiger charge is -2.36. The fraction of sp³-hybridized carbons (Fsp3) is 0.360.